The zero-order chi connectivity index (χ0) is 20.6. The largest absolute Gasteiger partial charge is 0.496 e. The maximum atomic E-state index is 12.9. The van der Waals surface area contributed by atoms with Gasteiger partial charge in [-0.1, -0.05) is 63.2 Å². The average molecular weight is 405 g/mol. The molecule has 2 heterocycles. The lowest BCUT2D eigenvalue weighted by atomic mass is 9.86. The molecule has 0 fully saturated rings. The van der Waals surface area contributed by atoms with Crippen molar-refractivity contribution in [2.75, 3.05) is 7.11 Å². The summed E-state index contributed by atoms with van der Waals surface area (Å²) in [7, 11) is 1.65. The van der Waals surface area contributed by atoms with Crippen molar-refractivity contribution < 1.29 is 4.74 Å². The Hall–Kier alpha value is -2.92. The van der Waals surface area contributed by atoms with Gasteiger partial charge in [0.25, 0.3) is 5.56 Å². The number of nitrogens with one attached hydrogen (secondary N) is 1. The molecule has 4 rings (SSSR count). The molecule has 2 aromatic heterocycles. The van der Waals surface area contributed by atoms with Gasteiger partial charge in [0.05, 0.1) is 12.5 Å². The highest BCUT2D eigenvalue weighted by Crippen LogP contribution is 2.32. The Bertz CT molecular complexity index is 1210. The minimum absolute atomic E-state index is 0.0989. The summed E-state index contributed by atoms with van der Waals surface area (Å²) in [6.07, 6.45) is 0.517. The van der Waals surface area contributed by atoms with E-state index in [2.05, 4.69) is 50.0 Å². The van der Waals surface area contributed by atoms with Crippen molar-refractivity contribution in [2.45, 2.75) is 32.6 Å². The monoisotopic (exact) mass is 404 g/mol. The van der Waals surface area contributed by atoms with Crippen LogP contribution in [0.1, 0.15) is 37.7 Å². The van der Waals surface area contributed by atoms with E-state index in [0.29, 0.717) is 17.6 Å². The Labute approximate surface area is 174 Å². The molecule has 0 saturated heterocycles. The summed E-state index contributed by atoms with van der Waals surface area (Å²) in [4.78, 5) is 21.3. The van der Waals surface area contributed by atoms with Crippen LogP contribution in [-0.2, 0) is 11.8 Å². The molecule has 0 spiro atoms. The van der Waals surface area contributed by atoms with Crippen molar-refractivity contribution in [1.82, 2.24) is 9.97 Å². The SMILES string of the molecule is COc1ccccc1Cc1nc2scc(-c3ccc(C(C)(C)C)cc3)c2c(=O)[nH]1. The summed E-state index contributed by atoms with van der Waals surface area (Å²) >= 11 is 1.51. The minimum atomic E-state index is -0.101. The topological polar surface area (TPSA) is 55.0 Å². The molecule has 5 heteroatoms. The summed E-state index contributed by atoms with van der Waals surface area (Å²) in [6.45, 7) is 6.58. The third kappa shape index (κ3) is 3.83. The third-order valence-corrected chi connectivity index (χ3v) is 5.98. The molecule has 0 unspecified atom stereocenters. The molecule has 0 aliphatic rings. The Morgan fingerprint density at radius 1 is 1.07 bits per heavy atom. The lowest BCUT2D eigenvalue weighted by Gasteiger charge is -2.19. The number of ether oxygens (including phenoxy) is 1. The second-order valence-electron chi connectivity index (χ2n) is 8.16. The van der Waals surface area contributed by atoms with Gasteiger partial charge in [0.1, 0.15) is 16.4 Å². The van der Waals surface area contributed by atoms with Crippen LogP contribution in [-0.4, -0.2) is 17.1 Å². The van der Waals surface area contributed by atoms with Crippen molar-refractivity contribution >= 4 is 21.6 Å². The summed E-state index contributed by atoms with van der Waals surface area (Å²) in [5, 5.41) is 2.67. The number of rotatable bonds is 4. The van der Waals surface area contributed by atoms with E-state index in [1.807, 2.05) is 29.6 Å². The van der Waals surface area contributed by atoms with Crippen LogP contribution in [0.4, 0.5) is 0 Å². The lowest BCUT2D eigenvalue weighted by molar-refractivity contribution is 0.410. The smallest absolute Gasteiger partial charge is 0.260 e. The zero-order valence-corrected chi connectivity index (χ0v) is 17.9. The quantitative estimate of drug-likeness (QED) is 0.485. The van der Waals surface area contributed by atoms with Crippen LogP contribution in [0.5, 0.6) is 5.75 Å². The fraction of sp³-hybridized carbons (Fsp3) is 0.250. The number of benzene rings is 2. The van der Waals surface area contributed by atoms with Gasteiger partial charge in [-0.3, -0.25) is 4.79 Å². The van der Waals surface area contributed by atoms with E-state index in [0.717, 1.165) is 27.3 Å². The van der Waals surface area contributed by atoms with Gasteiger partial charge >= 0.3 is 0 Å². The molecule has 148 valence electrons. The first kappa shape index (κ1) is 19.4. The van der Waals surface area contributed by atoms with Crippen molar-refractivity contribution in [2.24, 2.45) is 0 Å². The van der Waals surface area contributed by atoms with Crippen LogP contribution >= 0.6 is 11.3 Å². The number of aromatic amines is 1. The number of aromatic nitrogens is 2. The fourth-order valence-corrected chi connectivity index (χ4v) is 4.44. The number of nitrogens with zero attached hydrogens (tertiary/aromatic N) is 1. The van der Waals surface area contributed by atoms with Gasteiger partial charge in [-0.15, -0.1) is 11.3 Å². The second-order valence-corrected chi connectivity index (χ2v) is 9.02. The number of hydrogen-bond acceptors (Lipinski definition) is 4. The number of H-pyrrole nitrogens is 1. The van der Waals surface area contributed by atoms with Gasteiger partial charge in [-0.25, -0.2) is 4.98 Å². The molecule has 1 N–H and O–H groups in total. The highest BCUT2D eigenvalue weighted by molar-refractivity contribution is 7.17. The Kier molecular flexibility index (Phi) is 5.01. The van der Waals surface area contributed by atoms with E-state index in [9.17, 15) is 4.79 Å². The lowest BCUT2D eigenvalue weighted by Crippen LogP contribution is -2.12. The molecule has 4 nitrogen and oxygen atoms in total. The van der Waals surface area contributed by atoms with Crippen LogP contribution in [0.15, 0.2) is 58.7 Å². The molecule has 0 saturated carbocycles. The minimum Gasteiger partial charge on any atom is -0.496 e. The standard InChI is InChI=1S/C24H24N2O2S/c1-24(2,3)17-11-9-15(10-12-17)18-14-29-23-21(18)22(27)25-20(26-23)13-16-7-5-6-8-19(16)28-4/h5-12,14H,13H2,1-4H3,(H,25,26,27). The molecule has 0 atom stereocenters. The van der Waals surface area contributed by atoms with Crippen molar-refractivity contribution in [3.63, 3.8) is 0 Å². The van der Waals surface area contributed by atoms with Crippen LogP contribution in [0.3, 0.4) is 0 Å². The van der Waals surface area contributed by atoms with Crippen LogP contribution in [0, 0.1) is 0 Å². The molecule has 4 aromatic rings. The van der Waals surface area contributed by atoms with Gasteiger partial charge in [-0.05, 0) is 22.6 Å². The molecule has 2 aromatic carbocycles. The summed E-state index contributed by atoms with van der Waals surface area (Å²) in [6, 6.07) is 16.2. The van der Waals surface area contributed by atoms with Gasteiger partial charge in [0.15, 0.2) is 0 Å². The van der Waals surface area contributed by atoms with Gasteiger partial charge < -0.3 is 9.72 Å². The number of thiophene rings is 1. The number of methoxy groups -OCH3 is 1. The molecule has 0 radical (unpaired) electrons. The van der Waals surface area contributed by atoms with E-state index in [1.165, 1.54) is 16.9 Å². The third-order valence-electron chi connectivity index (χ3n) is 5.11. The Morgan fingerprint density at radius 2 is 1.79 bits per heavy atom. The van der Waals surface area contributed by atoms with E-state index in [4.69, 9.17) is 9.72 Å². The maximum Gasteiger partial charge on any atom is 0.260 e. The fourth-order valence-electron chi connectivity index (χ4n) is 3.47. The molecular formula is C24H24N2O2S. The summed E-state index contributed by atoms with van der Waals surface area (Å²) in [5.41, 5.74) is 4.23. The van der Waals surface area contributed by atoms with E-state index in [1.54, 1.807) is 7.11 Å². The predicted molar refractivity (Wildman–Crippen MR) is 120 cm³/mol. The van der Waals surface area contributed by atoms with Crippen LogP contribution < -0.4 is 10.3 Å². The second kappa shape index (κ2) is 7.48. The van der Waals surface area contributed by atoms with Gasteiger partial charge in [0, 0.05) is 22.9 Å². The first-order chi connectivity index (χ1) is 13.9. The number of hydrogen-bond donors (Lipinski definition) is 1. The van der Waals surface area contributed by atoms with Crippen molar-refractivity contribution in [3.05, 3.63) is 81.2 Å². The molecule has 0 bridgehead atoms. The Morgan fingerprint density at radius 3 is 2.48 bits per heavy atom. The zero-order valence-electron chi connectivity index (χ0n) is 17.1. The van der Waals surface area contributed by atoms with Crippen molar-refractivity contribution in [3.8, 4) is 16.9 Å². The normalized spacial score (nSPS) is 11.7. The molecule has 29 heavy (non-hydrogen) atoms. The number of fused-ring (bicyclic) bond motifs is 1. The summed E-state index contributed by atoms with van der Waals surface area (Å²) in [5.74, 6) is 1.43. The van der Waals surface area contributed by atoms with Crippen molar-refractivity contribution in [1.29, 1.82) is 0 Å². The van der Waals surface area contributed by atoms with Gasteiger partial charge in [-0.2, -0.15) is 0 Å². The number of para-hydroxylation sites is 1. The molecule has 0 amide bonds. The average Bonchev–Trinajstić information content (AvgIpc) is 3.12. The highest BCUT2D eigenvalue weighted by Gasteiger charge is 2.16. The summed E-state index contributed by atoms with van der Waals surface area (Å²) < 4.78 is 5.41. The first-order valence-corrected chi connectivity index (χ1v) is 10.5. The maximum absolute atomic E-state index is 12.9. The van der Waals surface area contributed by atoms with Crippen LogP contribution in [0.25, 0.3) is 21.3 Å². The van der Waals surface area contributed by atoms with E-state index in [-0.39, 0.29) is 11.0 Å². The van der Waals surface area contributed by atoms with Crippen LogP contribution in [0.2, 0.25) is 0 Å². The van der Waals surface area contributed by atoms with E-state index < -0.39 is 0 Å². The predicted octanol–water partition coefficient (Wildman–Crippen LogP) is 5.55. The molecular weight excluding hydrogens is 380 g/mol. The molecule has 0 aliphatic carbocycles. The Balaban J connectivity index is 1.72. The van der Waals surface area contributed by atoms with E-state index >= 15 is 0 Å². The molecule has 0 aliphatic heterocycles. The first-order valence-electron chi connectivity index (χ1n) is 9.60. The van der Waals surface area contributed by atoms with Gasteiger partial charge in [0.2, 0.25) is 0 Å². The highest BCUT2D eigenvalue weighted by atomic mass is 32.1.